The molecule has 118 heavy (non-hydrogen) atoms. The number of pyridine rings is 1. The fourth-order valence-corrected chi connectivity index (χ4v) is 12.2. The van der Waals surface area contributed by atoms with E-state index in [1.165, 1.54) is 23.0 Å². The molecule has 0 saturated carbocycles. The van der Waals surface area contributed by atoms with E-state index < -0.39 is 41.4 Å². The molecule has 3 unspecified atom stereocenters. The Balaban J connectivity index is 0.000000130. The third-order valence-corrected chi connectivity index (χ3v) is 18.1. The van der Waals surface area contributed by atoms with Gasteiger partial charge in [-0.15, -0.1) is 66.3 Å². The van der Waals surface area contributed by atoms with E-state index in [4.69, 9.17) is 23.1 Å². The van der Waals surface area contributed by atoms with Gasteiger partial charge in [-0.1, -0.05) is 88.2 Å². The lowest BCUT2D eigenvalue weighted by molar-refractivity contribution is -0.132. The van der Waals surface area contributed by atoms with Gasteiger partial charge in [0.2, 0.25) is 11.7 Å². The van der Waals surface area contributed by atoms with Crippen LogP contribution in [0.5, 0.6) is 0 Å². The Morgan fingerprint density at radius 3 is 1.92 bits per heavy atom. The first-order chi connectivity index (χ1) is 57.1. The third-order valence-electron chi connectivity index (χ3n) is 17.4. The maximum atomic E-state index is 13.0. The van der Waals surface area contributed by atoms with Crippen LogP contribution < -0.4 is 5.32 Å². The number of benzene rings is 6. The van der Waals surface area contributed by atoms with E-state index in [1.54, 1.807) is 152 Å². The summed E-state index contributed by atoms with van der Waals surface area (Å²) in [6, 6.07) is 46.5. The average molecular weight is 1580 g/mol. The molecule has 0 aliphatic rings. The quantitative estimate of drug-likeness (QED) is 0.0316. The SMILES string of the molecule is CC(C)(C)C(=O)C(N=Nc1ccc2nnc3c(C#N)snc3c2c1)C(=O)Nc1ccccc1.Cc1nnc2c(N=Nc3ccc4nnc5c(C#N)cnn5c4c3)c(C(C)(C)C)[nH]n12.[C-]#[N+]C(C#N)N=Nc1ccc2nnc3ncc(C(=O)OCC)n3c2c1.[C-]#[N+]C(N=Nc1ccc2nnc3c4ccccc4nn3c2c1)C(=O)c1ccccn1. The number of nitrogens with zero attached hydrogens (tertiary/aromatic N) is 32. The van der Waals surface area contributed by atoms with Gasteiger partial charge in [-0.05, 0) is 135 Å². The summed E-state index contributed by atoms with van der Waals surface area (Å²) < 4.78 is 15.9. The molecule has 0 aliphatic carbocycles. The summed E-state index contributed by atoms with van der Waals surface area (Å²) in [5.74, 6) is -0.962. The number of para-hydroxylation sites is 1. The van der Waals surface area contributed by atoms with Crippen LogP contribution in [0.25, 0.3) is 98.3 Å². The monoisotopic (exact) mass is 1580 g/mol. The highest BCUT2D eigenvalue weighted by Gasteiger charge is 2.36. The number of fused-ring (bicyclic) bond motifs is 15. The van der Waals surface area contributed by atoms with Crippen LogP contribution in [0, 0.1) is 59.5 Å². The lowest BCUT2D eigenvalue weighted by Gasteiger charge is -2.20. The first-order valence-corrected chi connectivity index (χ1v) is 36.3. The number of imidazole rings is 1. The van der Waals surface area contributed by atoms with Crippen molar-refractivity contribution in [1.82, 2.24) is 98.6 Å². The molecular formula is C78H58N34O5S. The van der Waals surface area contributed by atoms with E-state index in [0.717, 1.165) is 34.0 Å². The maximum absolute atomic E-state index is 13.0. The first kappa shape index (κ1) is 77.9. The Bertz CT molecular complexity index is 7180. The van der Waals surface area contributed by atoms with Crippen LogP contribution in [0.15, 0.2) is 205 Å². The summed E-state index contributed by atoms with van der Waals surface area (Å²) in [6.07, 6.45) is 1.83. The second kappa shape index (κ2) is 33.3. The van der Waals surface area contributed by atoms with Gasteiger partial charge in [-0.3, -0.25) is 38.6 Å². The van der Waals surface area contributed by atoms with Gasteiger partial charge in [0.05, 0.1) is 75.0 Å². The third kappa shape index (κ3) is 16.2. The van der Waals surface area contributed by atoms with Crippen molar-refractivity contribution in [3.63, 3.8) is 0 Å². The van der Waals surface area contributed by atoms with Crippen LogP contribution in [0.4, 0.5) is 34.1 Å². The van der Waals surface area contributed by atoms with Crippen LogP contribution in [-0.4, -0.2) is 147 Å². The molecule has 39 nitrogen and oxygen atoms in total. The standard InChI is InChI=1S/C23H19N7O2S.C21H12N8O.C19H17N11.C15H10N8O2/c1-23(2,3)21(31)20(22(32)25-13-7-5-4-6-8-13)29-26-14-9-10-16-15(11-14)18-19(28-27-16)17(12-24)33-30-18;1-22-20(19(30)17-8-4-5-11-23-17)26-24-13-9-10-16-18(12-13)29-21(27-25-16)14-6-2-3-7-15(14)28-29;1-10-22-27-18-15(16(19(2,3)4)28-29(10)18)25-23-12-5-6-13-14(7-12)30-17(26-24-13)11(8-20)9-21-30;1-3-25-14(24)12-8-18-15-22-20-10-5-4-9(6-11(10)23(12)15)19-21-13(7-16)17-2/h4-11,20H,1-3H3,(H,25,32);2-12,20H;5-7,9,28H,1-4H3;4-6,8,13H,3H2,1H3. The summed E-state index contributed by atoms with van der Waals surface area (Å²) in [5.41, 5.74) is 11.5. The predicted octanol–water partition coefficient (Wildman–Crippen LogP) is 14.7. The number of aryl methyl sites for hydroxylation is 1. The van der Waals surface area contributed by atoms with Crippen LogP contribution in [0.2, 0.25) is 0 Å². The number of aromatic amines is 1. The van der Waals surface area contributed by atoms with Gasteiger partial charge in [0.1, 0.15) is 56.8 Å². The number of aromatic nitrogens is 20. The molecule has 1 amide bonds. The van der Waals surface area contributed by atoms with Gasteiger partial charge >= 0.3 is 18.3 Å². The molecule has 40 heteroatoms. The highest BCUT2D eigenvalue weighted by atomic mass is 32.1. The van der Waals surface area contributed by atoms with Crippen molar-refractivity contribution in [1.29, 1.82) is 15.8 Å². The number of nitriles is 3. The zero-order valence-electron chi connectivity index (χ0n) is 63.3. The number of hydrogen-bond donors (Lipinski definition) is 2. The van der Waals surface area contributed by atoms with Crippen molar-refractivity contribution in [2.24, 2.45) is 46.3 Å². The Kier molecular flexibility index (Phi) is 22.0. The van der Waals surface area contributed by atoms with Crippen molar-refractivity contribution in [3.8, 4) is 18.2 Å². The minimum absolute atomic E-state index is 0.177. The van der Waals surface area contributed by atoms with Gasteiger partial charge in [-0.2, -0.15) is 45.7 Å². The normalized spacial score (nSPS) is 12.5. The Labute approximate surface area is 668 Å². The van der Waals surface area contributed by atoms with Crippen LogP contribution >= 0.6 is 11.5 Å². The number of ketones is 2. The zero-order valence-corrected chi connectivity index (χ0v) is 64.1. The topological polar surface area (TPSA) is 495 Å². The number of carbonyl (C=O) groups is 4. The minimum atomic E-state index is -1.32. The molecule has 17 aromatic rings. The molecule has 0 fully saturated rings. The number of amides is 1. The van der Waals surface area contributed by atoms with Crippen LogP contribution in [-0.2, 0) is 19.7 Å². The van der Waals surface area contributed by atoms with Crippen molar-refractivity contribution in [3.05, 3.63) is 220 Å². The maximum Gasteiger partial charge on any atom is 0.418 e. The summed E-state index contributed by atoms with van der Waals surface area (Å²) in [7, 11) is 0. The number of azo groups is 4. The second-order valence-electron chi connectivity index (χ2n) is 27.4. The van der Waals surface area contributed by atoms with Crippen molar-refractivity contribution >= 4 is 158 Å². The number of carbonyl (C=O) groups excluding carboxylic acids is 4. The molecule has 0 radical (unpaired) electrons. The van der Waals surface area contributed by atoms with Crippen LogP contribution in [0.1, 0.15) is 91.4 Å². The van der Waals surface area contributed by atoms with E-state index in [0.29, 0.717) is 117 Å². The molecule has 2 N–H and O–H groups in total. The molecule has 576 valence electrons. The number of ether oxygens (including phenoxy) is 1. The molecule has 3 atom stereocenters. The van der Waals surface area contributed by atoms with Gasteiger partial charge in [-0.25, -0.2) is 36.5 Å². The van der Waals surface area contributed by atoms with E-state index >= 15 is 0 Å². The van der Waals surface area contributed by atoms with E-state index in [1.807, 2.05) is 47.8 Å². The second-order valence-corrected chi connectivity index (χ2v) is 28.2. The highest BCUT2D eigenvalue weighted by Crippen LogP contribution is 2.37. The molecule has 17 rings (SSSR count). The fourth-order valence-electron chi connectivity index (χ4n) is 11.6. The molecule has 11 heterocycles. The average Bonchev–Trinajstić information content (AvgIpc) is 1.60. The number of anilines is 1. The van der Waals surface area contributed by atoms with Gasteiger partial charge in [0, 0.05) is 33.5 Å². The zero-order chi connectivity index (χ0) is 82.9. The molecule has 0 saturated heterocycles. The summed E-state index contributed by atoms with van der Waals surface area (Å²) >= 11 is 1.05. The van der Waals surface area contributed by atoms with Gasteiger partial charge < -0.3 is 10.1 Å². The Morgan fingerprint density at radius 2 is 1.25 bits per heavy atom. The number of rotatable bonds is 15. The number of Topliss-reactive ketones (excluding diaryl/α,β-unsaturated/α-hetero) is 2. The fraction of sp³-hybridized carbons (Fsp3) is 0.179. The van der Waals surface area contributed by atoms with Crippen molar-refractivity contribution < 1.29 is 23.9 Å². The smallest absolute Gasteiger partial charge is 0.418 e. The lowest BCUT2D eigenvalue weighted by Crippen LogP contribution is -2.40. The molecule has 0 bridgehead atoms. The lowest BCUT2D eigenvalue weighted by atomic mass is 9.86. The molecule has 0 aliphatic heterocycles. The summed E-state index contributed by atoms with van der Waals surface area (Å²) in [4.78, 5) is 65.1. The van der Waals surface area contributed by atoms with E-state index in [-0.39, 0.29) is 35.0 Å². The highest BCUT2D eigenvalue weighted by molar-refractivity contribution is 7.07. The van der Waals surface area contributed by atoms with Crippen LogP contribution in [0.3, 0.4) is 0 Å². The van der Waals surface area contributed by atoms with Crippen molar-refractivity contribution in [2.45, 2.75) is 79.2 Å². The Morgan fingerprint density at radius 1 is 0.610 bits per heavy atom. The minimum Gasteiger partial charge on any atom is -0.461 e. The number of nitrogens with one attached hydrogen (secondary N) is 2. The van der Waals surface area contributed by atoms with Gasteiger partial charge in [0.15, 0.2) is 39.4 Å². The number of hydrogen-bond acceptors (Lipinski definition) is 32. The summed E-state index contributed by atoms with van der Waals surface area (Å²) in [6.45, 7) is 29.4. The largest absolute Gasteiger partial charge is 0.461 e. The molecular weight excluding hydrogens is 1530 g/mol. The van der Waals surface area contributed by atoms with Crippen molar-refractivity contribution in [2.75, 3.05) is 11.9 Å². The van der Waals surface area contributed by atoms with E-state index in [2.05, 4.69) is 169 Å². The Hall–Kier alpha value is -16.8. The number of esters is 1. The predicted molar refractivity (Wildman–Crippen MR) is 427 cm³/mol. The molecule has 0 spiro atoms. The molecule has 11 aromatic heterocycles. The first-order valence-electron chi connectivity index (χ1n) is 35.5. The summed E-state index contributed by atoms with van der Waals surface area (Å²) in [5, 5.41) is 118. The molecule has 6 aromatic carbocycles. The van der Waals surface area contributed by atoms with E-state index in [9.17, 15) is 29.7 Å². The number of H-pyrrole nitrogens is 1. The van der Waals surface area contributed by atoms with Gasteiger partial charge in [0.25, 0.3) is 17.5 Å².